The fourth-order valence-electron chi connectivity index (χ4n) is 11.5. The fraction of sp³-hybridized carbons (Fsp3) is 0.0909. The number of fused-ring (bicyclic) bond motifs is 9. The topological polar surface area (TPSA) is 16.4 Å². The minimum absolute atomic E-state index is 0.0560. The summed E-state index contributed by atoms with van der Waals surface area (Å²) in [6.07, 6.45) is 0. The maximum absolute atomic E-state index is 6.35. The zero-order chi connectivity index (χ0) is 45.7. The Kier molecular flexibility index (Phi) is 8.95. The zero-order valence-corrected chi connectivity index (χ0v) is 38.7. The van der Waals surface area contributed by atoms with Crippen molar-refractivity contribution >= 4 is 39.0 Å². The fourth-order valence-corrected chi connectivity index (χ4v) is 11.5. The van der Waals surface area contributed by atoms with Crippen LogP contribution in [0.25, 0.3) is 88.7 Å². The minimum atomic E-state index is -0.125. The molecule has 10 aromatic carbocycles. The van der Waals surface area contributed by atoms with Gasteiger partial charge >= 0.3 is 0 Å². The van der Waals surface area contributed by atoms with Gasteiger partial charge in [-0.25, -0.2) is 0 Å². The largest absolute Gasteiger partial charge is 0.456 e. The summed E-state index contributed by atoms with van der Waals surface area (Å²) >= 11 is 0. The molecule has 11 aromatic rings. The van der Waals surface area contributed by atoms with Gasteiger partial charge in [0.05, 0.1) is 5.69 Å². The number of nitrogens with zero attached hydrogens (tertiary/aromatic N) is 1. The van der Waals surface area contributed by atoms with E-state index in [1.165, 1.54) is 83.6 Å². The molecule has 0 radical (unpaired) electrons. The number of anilines is 3. The second-order valence-corrected chi connectivity index (χ2v) is 19.7. The molecule has 2 nitrogen and oxygen atoms in total. The van der Waals surface area contributed by atoms with E-state index in [0.717, 1.165) is 44.4 Å². The lowest BCUT2D eigenvalue weighted by Crippen LogP contribution is -2.16. The van der Waals surface area contributed by atoms with Crippen LogP contribution in [0, 0.1) is 0 Å². The van der Waals surface area contributed by atoms with Gasteiger partial charge in [0.1, 0.15) is 11.2 Å². The van der Waals surface area contributed by atoms with Crippen molar-refractivity contribution in [1.29, 1.82) is 0 Å². The van der Waals surface area contributed by atoms with Crippen molar-refractivity contribution in [2.45, 2.75) is 38.5 Å². The number of furan rings is 1. The molecule has 0 saturated heterocycles. The molecule has 0 saturated carbocycles. The third-order valence-corrected chi connectivity index (χ3v) is 15.1. The highest BCUT2D eigenvalue weighted by atomic mass is 16.3. The summed E-state index contributed by atoms with van der Waals surface area (Å²) in [5.41, 5.74) is 25.3. The lowest BCUT2D eigenvalue weighted by atomic mass is 9.82. The summed E-state index contributed by atoms with van der Waals surface area (Å²) in [7, 11) is 0. The highest BCUT2D eigenvalue weighted by Crippen LogP contribution is 2.55. The van der Waals surface area contributed by atoms with Crippen LogP contribution in [0.2, 0.25) is 0 Å². The standard InChI is InChI=1S/C66H49NO/c1-65(2)58-36-31-47(42-14-6-5-7-15-42)39-55(58)56-40-48(32-37-59(56)65)45-26-24-43(25-27-45)44-28-33-50(34-29-44)67(61-22-13-21-60-64(61)54-19-8-10-20-57(54)66(60,3)4)51-17-12-16-46(38-51)49-30-35-53-52-18-9-11-23-62(52)68-63(53)41-49/h5-41H,1-4H3. The predicted octanol–water partition coefficient (Wildman–Crippen LogP) is 18.3. The quantitative estimate of drug-likeness (QED) is 0.159. The average molecular weight is 872 g/mol. The van der Waals surface area contributed by atoms with E-state index in [1.807, 2.05) is 12.1 Å². The Morgan fingerprint density at radius 2 is 0.794 bits per heavy atom. The van der Waals surface area contributed by atoms with Crippen molar-refractivity contribution in [3.8, 4) is 66.8 Å². The van der Waals surface area contributed by atoms with Gasteiger partial charge in [-0.15, -0.1) is 0 Å². The van der Waals surface area contributed by atoms with Crippen molar-refractivity contribution in [1.82, 2.24) is 0 Å². The van der Waals surface area contributed by atoms with Crippen molar-refractivity contribution in [3.05, 3.63) is 247 Å². The summed E-state index contributed by atoms with van der Waals surface area (Å²) in [6.45, 7) is 9.41. The molecule has 0 N–H and O–H groups in total. The molecule has 0 fully saturated rings. The first-order chi connectivity index (χ1) is 33.2. The molecular weight excluding hydrogens is 823 g/mol. The van der Waals surface area contributed by atoms with E-state index in [-0.39, 0.29) is 10.8 Å². The van der Waals surface area contributed by atoms with Gasteiger partial charge < -0.3 is 9.32 Å². The van der Waals surface area contributed by atoms with Crippen LogP contribution in [0.15, 0.2) is 229 Å². The van der Waals surface area contributed by atoms with Crippen molar-refractivity contribution < 1.29 is 4.42 Å². The molecule has 0 atom stereocenters. The van der Waals surface area contributed by atoms with E-state index in [4.69, 9.17) is 4.42 Å². The molecule has 0 unspecified atom stereocenters. The van der Waals surface area contributed by atoms with Gasteiger partial charge in [0.2, 0.25) is 0 Å². The van der Waals surface area contributed by atoms with Crippen LogP contribution < -0.4 is 4.90 Å². The van der Waals surface area contributed by atoms with Gasteiger partial charge in [0.25, 0.3) is 0 Å². The molecule has 1 heterocycles. The first kappa shape index (κ1) is 40.1. The summed E-state index contributed by atoms with van der Waals surface area (Å²) in [5.74, 6) is 0. The zero-order valence-electron chi connectivity index (χ0n) is 38.7. The number of hydrogen-bond donors (Lipinski definition) is 0. The van der Waals surface area contributed by atoms with Gasteiger partial charge in [-0.2, -0.15) is 0 Å². The van der Waals surface area contributed by atoms with Crippen LogP contribution in [-0.2, 0) is 10.8 Å². The SMILES string of the molecule is CC1(C)c2ccc(-c3ccccc3)cc2-c2cc(-c3ccc(-c4ccc(N(c5cccc(-c6ccc7c(c6)oc6ccccc67)c5)c5cccc6c5-c5ccccc5C6(C)C)cc4)cc3)ccc21. The highest BCUT2D eigenvalue weighted by molar-refractivity contribution is 6.06. The van der Waals surface area contributed by atoms with Crippen LogP contribution in [0.5, 0.6) is 0 Å². The summed E-state index contributed by atoms with van der Waals surface area (Å²) < 4.78 is 6.35. The number of rotatable bonds is 7. The molecular formula is C66H49NO. The Morgan fingerprint density at radius 3 is 1.53 bits per heavy atom. The predicted molar refractivity (Wildman–Crippen MR) is 285 cm³/mol. The first-order valence-corrected chi connectivity index (χ1v) is 23.8. The summed E-state index contributed by atoms with van der Waals surface area (Å²) in [6, 6.07) is 82.6. The molecule has 2 aliphatic carbocycles. The monoisotopic (exact) mass is 871 g/mol. The smallest absolute Gasteiger partial charge is 0.136 e. The molecule has 2 aliphatic rings. The van der Waals surface area contributed by atoms with Crippen LogP contribution in [0.3, 0.4) is 0 Å². The Balaban J connectivity index is 0.864. The van der Waals surface area contributed by atoms with Crippen LogP contribution in [0.1, 0.15) is 49.9 Å². The second-order valence-electron chi connectivity index (χ2n) is 19.7. The molecule has 2 heteroatoms. The first-order valence-electron chi connectivity index (χ1n) is 23.8. The van der Waals surface area contributed by atoms with Gasteiger partial charge in [-0.3, -0.25) is 0 Å². The van der Waals surface area contributed by atoms with E-state index < -0.39 is 0 Å². The van der Waals surface area contributed by atoms with E-state index >= 15 is 0 Å². The van der Waals surface area contributed by atoms with Gasteiger partial charge in [-0.05, 0) is 144 Å². The van der Waals surface area contributed by atoms with Crippen molar-refractivity contribution in [2.75, 3.05) is 4.90 Å². The molecule has 324 valence electrons. The summed E-state index contributed by atoms with van der Waals surface area (Å²) in [4.78, 5) is 2.45. The second kappa shape index (κ2) is 15.2. The minimum Gasteiger partial charge on any atom is -0.456 e. The normalized spacial score (nSPS) is 13.8. The summed E-state index contributed by atoms with van der Waals surface area (Å²) in [5, 5.41) is 2.27. The van der Waals surface area contributed by atoms with E-state index in [0.29, 0.717) is 0 Å². The molecule has 1 aromatic heterocycles. The third kappa shape index (κ3) is 6.25. The number of para-hydroxylation sites is 1. The van der Waals surface area contributed by atoms with Gasteiger partial charge in [0.15, 0.2) is 0 Å². The average Bonchev–Trinajstić information content (AvgIpc) is 3.96. The van der Waals surface area contributed by atoms with Crippen LogP contribution in [0.4, 0.5) is 17.1 Å². The number of benzene rings is 10. The third-order valence-electron chi connectivity index (χ3n) is 15.1. The molecule has 0 aliphatic heterocycles. The molecule has 0 bridgehead atoms. The van der Waals surface area contributed by atoms with Crippen molar-refractivity contribution in [2.24, 2.45) is 0 Å². The van der Waals surface area contributed by atoms with Gasteiger partial charge in [0, 0.05) is 38.5 Å². The molecule has 68 heavy (non-hydrogen) atoms. The maximum atomic E-state index is 6.35. The number of hydrogen-bond acceptors (Lipinski definition) is 2. The highest BCUT2D eigenvalue weighted by Gasteiger charge is 2.38. The Bertz CT molecular complexity index is 3780. The molecule has 0 amide bonds. The Labute approximate surface area is 398 Å². The van der Waals surface area contributed by atoms with E-state index in [2.05, 4.69) is 245 Å². The van der Waals surface area contributed by atoms with Crippen LogP contribution >= 0.6 is 0 Å². The maximum Gasteiger partial charge on any atom is 0.136 e. The molecule has 13 rings (SSSR count). The molecule has 0 spiro atoms. The lowest BCUT2D eigenvalue weighted by molar-refractivity contribution is 0.660. The lowest BCUT2D eigenvalue weighted by Gasteiger charge is -2.29. The Hall–Kier alpha value is -8.20. The van der Waals surface area contributed by atoms with E-state index in [9.17, 15) is 0 Å². The van der Waals surface area contributed by atoms with E-state index in [1.54, 1.807) is 0 Å². The van der Waals surface area contributed by atoms with Crippen LogP contribution in [-0.4, -0.2) is 0 Å². The van der Waals surface area contributed by atoms with Crippen molar-refractivity contribution in [3.63, 3.8) is 0 Å². The van der Waals surface area contributed by atoms with Gasteiger partial charge in [-0.1, -0.05) is 191 Å². The Morgan fingerprint density at radius 1 is 0.309 bits per heavy atom.